The molecule has 0 aliphatic carbocycles. The maximum Gasteiger partial charge on any atom is 0.263 e. The zero-order valence-corrected chi connectivity index (χ0v) is 9.02. The molecular weight excluding hydrogens is 222 g/mol. The van der Waals surface area contributed by atoms with E-state index in [2.05, 4.69) is 0 Å². The lowest BCUT2D eigenvalue weighted by molar-refractivity contribution is 0.0987. The molecule has 0 unspecified atom stereocenters. The SMILES string of the molecule is CCC(=O)c1cc(C(F)F)ccc1CCl. The van der Waals surface area contributed by atoms with Crippen LogP contribution in [-0.2, 0) is 5.88 Å². The van der Waals surface area contributed by atoms with E-state index in [-0.39, 0.29) is 23.6 Å². The summed E-state index contributed by atoms with van der Waals surface area (Å²) in [4.78, 5) is 11.5. The largest absolute Gasteiger partial charge is 0.294 e. The van der Waals surface area contributed by atoms with Crippen molar-refractivity contribution in [3.05, 3.63) is 34.9 Å². The van der Waals surface area contributed by atoms with Gasteiger partial charge < -0.3 is 0 Å². The Balaban J connectivity index is 3.19. The molecule has 0 spiro atoms. The second-order valence-electron chi connectivity index (χ2n) is 3.13. The van der Waals surface area contributed by atoms with Crippen molar-refractivity contribution >= 4 is 17.4 Å². The summed E-state index contributed by atoms with van der Waals surface area (Å²) in [7, 11) is 0. The Morgan fingerprint density at radius 3 is 2.60 bits per heavy atom. The first kappa shape index (κ1) is 12.1. The molecule has 0 saturated carbocycles. The Morgan fingerprint density at radius 2 is 2.13 bits per heavy atom. The third-order valence-corrected chi connectivity index (χ3v) is 2.44. The van der Waals surface area contributed by atoms with Gasteiger partial charge in [-0.1, -0.05) is 19.1 Å². The van der Waals surface area contributed by atoms with Crippen LogP contribution < -0.4 is 0 Å². The molecule has 1 aromatic rings. The van der Waals surface area contributed by atoms with E-state index in [1.807, 2.05) is 0 Å². The van der Waals surface area contributed by atoms with Gasteiger partial charge >= 0.3 is 0 Å². The van der Waals surface area contributed by atoms with Crippen LogP contribution in [0.5, 0.6) is 0 Å². The number of hydrogen-bond donors (Lipinski definition) is 0. The van der Waals surface area contributed by atoms with Gasteiger partial charge in [0.25, 0.3) is 6.43 Å². The summed E-state index contributed by atoms with van der Waals surface area (Å²) in [6.45, 7) is 1.69. The van der Waals surface area contributed by atoms with E-state index in [1.165, 1.54) is 18.2 Å². The standard InChI is InChI=1S/C11H11ClF2O/c1-2-10(15)9-5-7(11(13)14)3-4-8(9)6-12/h3-5,11H,2,6H2,1H3. The van der Waals surface area contributed by atoms with Gasteiger partial charge in [-0.15, -0.1) is 11.6 Å². The van der Waals surface area contributed by atoms with E-state index >= 15 is 0 Å². The van der Waals surface area contributed by atoms with Gasteiger partial charge in [0.2, 0.25) is 0 Å². The number of rotatable bonds is 4. The van der Waals surface area contributed by atoms with E-state index in [9.17, 15) is 13.6 Å². The van der Waals surface area contributed by atoms with Crippen molar-refractivity contribution in [2.24, 2.45) is 0 Å². The molecule has 0 atom stereocenters. The third-order valence-electron chi connectivity index (χ3n) is 2.15. The number of carbonyl (C=O) groups is 1. The van der Waals surface area contributed by atoms with Gasteiger partial charge in [0.15, 0.2) is 5.78 Å². The Morgan fingerprint density at radius 1 is 1.47 bits per heavy atom. The van der Waals surface area contributed by atoms with Crippen LogP contribution in [-0.4, -0.2) is 5.78 Å². The van der Waals surface area contributed by atoms with Crippen molar-refractivity contribution in [3.63, 3.8) is 0 Å². The Hall–Kier alpha value is -0.960. The molecule has 1 aromatic carbocycles. The monoisotopic (exact) mass is 232 g/mol. The number of hydrogen-bond acceptors (Lipinski definition) is 1. The van der Waals surface area contributed by atoms with E-state index in [4.69, 9.17) is 11.6 Å². The van der Waals surface area contributed by atoms with Gasteiger partial charge in [-0.3, -0.25) is 4.79 Å². The number of halogens is 3. The number of ketones is 1. The highest BCUT2D eigenvalue weighted by atomic mass is 35.5. The van der Waals surface area contributed by atoms with Crippen LogP contribution in [0.2, 0.25) is 0 Å². The van der Waals surface area contributed by atoms with Gasteiger partial charge in [-0.05, 0) is 11.6 Å². The van der Waals surface area contributed by atoms with E-state index in [0.29, 0.717) is 11.1 Å². The topological polar surface area (TPSA) is 17.1 Å². The summed E-state index contributed by atoms with van der Waals surface area (Å²) in [5.74, 6) is -0.00179. The molecule has 0 bridgehead atoms. The summed E-state index contributed by atoms with van der Waals surface area (Å²) in [6.07, 6.45) is -2.27. The smallest absolute Gasteiger partial charge is 0.263 e. The summed E-state index contributed by atoms with van der Waals surface area (Å²) in [5.41, 5.74) is 0.777. The molecule has 82 valence electrons. The fourth-order valence-corrected chi connectivity index (χ4v) is 1.53. The summed E-state index contributed by atoms with van der Waals surface area (Å²) in [5, 5.41) is 0. The molecule has 0 N–H and O–H groups in total. The maximum absolute atomic E-state index is 12.4. The van der Waals surface area contributed by atoms with Crippen LogP contribution in [0.1, 0.15) is 41.3 Å². The quantitative estimate of drug-likeness (QED) is 0.567. The first-order valence-electron chi connectivity index (χ1n) is 4.60. The molecule has 0 fully saturated rings. The minimum Gasteiger partial charge on any atom is -0.294 e. The highest BCUT2D eigenvalue weighted by Crippen LogP contribution is 2.23. The summed E-state index contributed by atoms with van der Waals surface area (Å²) >= 11 is 5.63. The molecular formula is C11H11ClF2O. The minimum absolute atomic E-state index is 0.138. The molecule has 0 aliphatic rings. The Labute approximate surface area is 92.1 Å². The molecule has 0 radical (unpaired) electrons. The van der Waals surface area contributed by atoms with Crippen LogP contribution in [0.4, 0.5) is 8.78 Å². The average Bonchev–Trinajstić information content (AvgIpc) is 2.27. The van der Waals surface area contributed by atoms with Crippen LogP contribution in [0.25, 0.3) is 0 Å². The van der Waals surface area contributed by atoms with Crippen LogP contribution in [0.15, 0.2) is 18.2 Å². The lowest BCUT2D eigenvalue weighted by atomic mass is 10.0. The average molecular weight is 233 g/mol. The van der Waals surface area contributed by atoms with Crippen molar-refractivity contribution < 1.29 is 13.6 Å². The van der Waals surface area contributed by atoms with Crippen LogP contribution >= 0.6 is 11.6 Å². The molecule has 1 rings (SSSR count). The first-order valence-corrected chi connectivity index (χ1v) is 5.13. The summed E-state index contributed by atoms with van der Waals surface area (Å²) in [6, 6.07) is 4.01. The van der Waals surface area contributed by atoms with Gasteiger partial charge in [0, 0.05) is 23.4 Å². The van der Waals surface area contributed by atoms with E-state index < -0.39 is 6.43 Å². The van der Waals surface area contributed by atoms with E-state index in [1.54, 1.807) is 6.92 Å². The maximum atomic E-state index is 12.4. The lowest BCUT2D eigenvalue weighted by Crippen LogP contribution is -2.02. The molecule has 15 heavy (non-hydrogen) atoms. The van der Waals surface area contributed by atoms with Gasteiger partial charge in [0.1, 0.15) is 0 Å². The van der Waals surface area contributed by atoms with E-state index in [0.717, 1.165) is 0 Å². The predicted molar refractivity (Wildman–Crippen MR) is 55.6 cm³/mol. The summed E-state index contributed by atoms with van der Waals surface area (Å²) < 4.78 is 24.8. The highest BCUT2D eigenvalue weighted by Gasteiger charge is 2.14. The molecule has 0 aliphatic heterocycles. The number of alkyl halides is 3. The fraction of sp³-hybridized carbons (Fsp3) is 0.364. The van der Waals surface area contributed by atoms with Gasteiger partial charge in [0.05, 0.1) is 0 Å². The fourth-order valence-electron chi connectivity index (χ4n) is 1.30. The second-order valence-corrected chi connectivity index (χ2v) is 3.39. The Kier molecular flexibility index (Phi) is 4.21. The zero-order valence-electron chi connectivity index (χ0n) is 8.27. The van der Waals surface area contributed by atoms with Crippen molar-refractivity contribution in [2.75, 3.05) is 0 Å². The molecule has 0 aromatic heterocycles. The van der Waals surface area contributed by atoms with Crippen molar-refractivity contribution in [1.82, 2.24) is 0 Å². The molecule has 0 amide bonds. The second kappa shape index (κ2) is 5.21. The first-order chi connectivity index (χ1) is 7.10. The highest BCUT2D eigenvalue weighted by molar-refractivity contribution is 6.17. The van der Waals surface area contributed by atoms with Crippen LogP contribution in [0.3, 0.4) is 0 Å². The van der Waals surface area contributed by atoms with Crippen molar-refractivity contribution in [3.8, 4) is 0 Å². The lowest BCUT2D eigenvalue weighted by Gasteiger charge is -2.07. The zero-order chi connectivity index (χ0) is 11.4. The van der Waals surface area contributed by atoms with Crippen LogP contribution in [0, 0.1) is 0 Å². The molecule has 0 saturated heterocycles. The predicted octanol–water partition coefficient (Wildman–Crippen LogP) is 3.96. The minimum atomic E-state index is -2.56. The van der Waals surface area contributed by atoms with Crippen molar-refractivity contribution in [2.45, 2.75) is 25.7 Å². The molecule has 0 heterocycles. The number of carbonyl (C=O) groups excluding carboxylic acids is 1. The Bertz CT molecular complexity index is 364. The number of benzene rings is 1. The molecule has 4 heteroatoms. The van der Waals surface area contributed by atoms with Gasteiger partial charge in [-0.25, -0.2) is 8.78 Å². The van der Waals surface area contributed by atoms with Crippen molar-refractivity contribution in [1.29, 1.82) is 0 Å². The third kappa shape index (κ3) is 2.75. The van der Waals surface area contributed by atoms with Gasteiger partial charge in [-0.2, -0.15) is 0 Å². The molecule has 1 nitrogen and oxygen atoms in total. The number of Topliss-reactive ketones (excluding diaryl/α,β-unsaturated/α-hetero) is 1. The normalized spacial score (nSPS) is 10.7.